The monoisotopic (exact) mass is 484 g/mol. The Morgan fingerprint density at radius 2 is 0.778 bits per heavy atom. The molecule has 0 aromatic heterocycles. The van der Waals surface area contributed by atoms with Crippen LogP contribution < -0.4 is 10.4 Å². The van der Waals surface area contributed by atoms with Gasteiger partial charge in [-0.05, 0) is 33.6 Å². The Morgan fingerprint density at radius 1 is 0.500 bits per heavy atom. The summed E-state index contributed by atoms with van der Waals surface area (Å²) in [5, 5.41) is 2.10. The van der Waals surface area contributed by atoms with E-state index >= 15 is 0 Å². The maximum atomic E-state index is 14.8. The van der Waals surface area contributed by atoms with Gasteiger partial charge in [0, 0.05) is 0 Å². The van der Waals surface area contributed by atoms with Gasteiger partial charge in [-0.3, -0.25) is 4.79 Å². The van der Waals surface area contributed by atoms with Crippen LogP contribution >= 0.6 is 0 Å². The number of hydrogen-bond donors (Lipinski definition) is 0. The molecule has 0 aliphatic carbocycles. The van der Waals surface area contributed by atoms with Gasteiger partial charge in [-0.25, -0.2) is 0 Å². The Balaban J connectivity index is 1.76. The van der Waals surface area contributed by atoms with E-state index in [9.17, 15) is 4.79 Å². The molecule has 0 bridgehead atoms. The van der Waals surface area contributed by atoms with Gasteiger partial charge in [-0.1, -0.05) is 152 Å². The van der Waals surface area contributed by atoms with Gasteiger partial charge < -0.3 is 4.43 Å². The third kappa shape index (κ3) is 4.19. The first-order valence-corrected chi connectivity index (χ1v) is 14.6. The molecule has 0 N–H and O–H groups in total. The van der Waals surface area contributed by atoms with E-state index in [1.54, 1.807) is 0 Å². The lowest BCUT2D eigenvalue weighted by Crippen LogP contribution is -2.61. The highest BCUT2D eigenvalue weighted by Crippen LogP contribution is 2.41. The summed E-state index contributed by atoms with van der Waals surface area (Å²) < 4.78 is 6.84. The summed E-state index contributed by atoms with van der Waals surface area (Å²) in [6, 6.07) is 50.2. The Bertz CT molecular complexity index is 1270. The minimum absolute atomic E-state index is 0.270. The van der Waals surface area contributed by atoms with Crippen molar-refractivity contribution in [2.75, 3.05) is 0 Å². The molecule has 0 aliphatic rings. The number of carbonyl (C=O) groups excluding carboxylic acids is 1. The van der Waals surface area contributed by atoms with Gasteiger partial charge in [0.1, 0.15) is 5.41 Å². The van der Waals surface area contributed by atoms with Crippen molar-refractivity contribution in [2.24, 2.45) is 0 Å². The highest BCUT2D eigenvalue weighted by molar-refractivity contribution is 6.97. The van der Waals surface area contributed by atoms with Crippen LogP contribution in [0.3, 0.4) is 0 Å². The number of rotatable bonds is 7. The molecule has 0 unspecified atom stereocenters. The van der Waals surface area contributed by atoms with E-state index < -0.39 is 13.7 Å². The molecule has 2 nitrogen and oxygen atoms in total. The van der Waals surface area contributed by atoms with Crippen LogP contribution in [-0.4, -0.2) is 14.3 Å². The minimum atomic E-state index is -2.92. The molecule has 3 heteroatoms. The predicted molar refractivity (Wildman–Crippen MR) is 149 cm³/mol. The highest BCUT2D eigenvalue weighted by Gasteiger charge is 2.49. The molecule has 0 amide bonds. The van der Waals surface area contributed by atoms with E-state index in [1.165, 1.54) is 0 Å². The molecule has 5 aromatic carbocycles. The fraction of sp³-hybridized carbons (Fsp3) is 0.0606. The van der Waals surface area contributed by atoms with Gasteiger partial charge in [-0.15, -0.1) is 0 Å². The summed E-state index contributed by atoms with van der Waals surface area (Å²) in [5.41, 5.74) is 1.52. The molecule has 0 saturated heterocycles. The average molecular weight is 485 g/mol. The fourth-order valence-corrected chi connectivity index (χ4v) is 7.73. The van der Waals surface area contributed by atoms with E-state index in [0.29, 0.717) is 0 Å². The van der Waals surface area contributed by atoms with Gasteiger partial charge in [-0.2, -0.15) is 0 Å². The molecule has 0 fully saturated rings. The van der Waals surface area contributed by atoms with Crippen molar-refractivity contribution >= 4 is 24.7 Å². The summed E-state index contributed by atoms with van der Waals surface area (Å²) in [6.07, 6.45) is 0. The van der Waals surface area contributed by atoms with Gasteiger partial charge in [0.05, 0.1) is 0 Å². The smallest absolute Gasteiger partial charge is 0.315 e. The van der Waals surface area contributed by atoms with Crippen molar-refractivity contribution in [3.8, 4) is 0 Å². The van der Waals surface area contributed by atoms with E-state index in [-0.39, 0.29) is 5.97 Å². The first kappa shape index (κ1) is 23.5. The molecular weight excluding hydrogens is 456 g/mol. The standard InChI is InChI=1S/C33H28O2Si/c1-36(30-23-13-5-14-24-30,31-25-15-6-16-26-31)35-32(34)33(27-17-7-2-8-18-27,28-19-9-3-10-20-28)29-21-11-4-12-22-29/h2-26H,1H3. The number of hydrogen-bond acceptors (Lipinski definition) is 2. The first-order chi connectivity index (χ1) is 17.7. The first-order valence-electron chi connectivity index (χ1n) is 12.2. The van der Waals surface area contributed by atoms with E-state index in [4.69, 9.17) is 4.43 Å². The van der Waals surface area contributed by atoms with Crippen LogP contribution in [0.15, 0.2) is 152 Å². The summed E-state index contributed by atoms with van der Waals surface area (Å²) in [6.45, 7) is 2.11. The van der Waals surface area contributed by atoms with Crippen LogP contribution in [0, 0.1) is 0 Å². The Labute approximate surface area is 214 Å². The summed E-state index contributed by atoms with van der Waals surface area (Å²) in [5.74, 6) is -0.270. The molecule has 0 saturated carbocycles. The van der Waals surface area contributed by atoms with Gasteiger partial charge in [0.2, 0.25) is 0 Å². The lowest BCUT2D eigenvalue weighted by atomic mass is 9.69. The molecule has 36 heavy (non-hydrogen) atoms. The largest absolute Gasteiger partial charge is 0.509 e. The third-order valence-electron chi connectivity index (χ3n) is 6.87. The molecule has 0 heterocycles. The van der Waals surface area contributed by atoms with Crippen LogP contribution in [-0.2, 0) is 14.6 Å². The van der Waals surface area contributed by atoms with Gasteiger partial charge in [0.25, 0.3) is 0 Å². The zero-order chi connectivity index (χ0) is 24.8. The Kier molecular flexibility index (Phi) is 6.66. The normalized spacial score (nSPS) is 11.6. The lowest BCUT2D eigenvalue weighted by molar-refractivity contribution is -0.138. The quantitative estimate of drug-likeness (QED) is 0.211. The second-order valence-electron chi connectivity index (χ2n) is 9.00. The maximum absolute atomic E-state index is 14.8. The second kappa shape index (κ2) is 10.2. The fourth-order valence-electron chi connectivity index (χ4n) is 4.98. The number of carbonyl (C=O) groups is 1. The Morgan fingerprint density at radius 3 is 1.08 bits per heavy atom. The average Bonchev–Trinajstić information content (AvgIpc) is 2.96. The van der Waals surface area contributed by atoms with Crippen molar-refractivity contribution in [1.29, 1.82) is 0 Å². The molecule has 0 aliphatic heterocycles. The van der Waals surface area contributed by atoms with Gasteiger partial charge >= 0.3 is 14.3 Å². The van der Waals surface area contributed by atoms with E-state index in [0.717, 1.165) is 27.1 Å². The van der Waals surface area contributed by atoms with Crippen molar-refractivity contribution in [2.45, 2.75) is 12.0 Å². The van der Waals surface area contributed by atoms with Crippen molar-refractivity contribution in [1.82, 2.24) is 0 Å². The van der Waals surface area contributed by atoms with Crippen LogP contribution in [0.4, 0.5) is 0 Å². The second-order valence-corrected chi connectivity index (χ2v) is 12.4. The zero-order valence-electron chi connectivity index (χ0n) is 20.3. The summed E-state index contributed by atoms with van der Waals surface area (Å²) in [7, 11) is -2.92. The topological polar surface area (TPSA) is 26.3 Å². The highest BCUT2D eigenvalue weighted by atomic mass is 28.4. The SMILES string of the molecule is C[Si](OC(=O)C(c1ccccc1)(c1ccccc1)c1ccccc1)(c1ccccc1)c1ccccc1. The van der Waals surface area contributed by atoms with Crippen LogP contribution in [0.2, 0.25) is 6.55 Å². The minimum Gasteiger partial charge on any atom is -0.509 e. The van der Waals surface area contributed by atoms with Crippen molar-refractivity contribution in [3.63, 3.8) is 0 Å². The molecular formula is C33H28O2Si. The zero-order valence-corrected chi connectivity index (χ0v) is 21.3. The van der Waals surface area contributed by atoms with Crippen LogP contribution in [0.1, 0.15) is 16.7 Å². The molecule has 5 rings (SSSR count). The maximum Gasteiger partial charge on any atom is 0.315 e. The van der Waals surface area contributed by atoms with Gasteiger partial charge in [0.15, 0.2) is 0 Å². The van der Waals surface area contributed by atoms with E-state index in [1.807, 2.05) is 127 Å². The lowest BCUT2D eigenvalue weighted by Gasteiger charge is -2.38. The third-order valence-corrected chi connectivity index (χ3v) is 10.3. The summed E-state index contributed by atoms with van der Waals surface area (Å²) in [4.78, 5) is 14.8. The predicted octanol–water partition coefficient (Wildman–Crippen LogP) is 5.95. The summed E-state index contributed by atoms with van der Waals surface area (Å²) >= 11 is 0. The molecule has 0 radical (unpaired) electrons. The molecule has 176 valence electrons. The van der Waals surface area contributed by atoms with Crippen LogP contribution in [0.25, 0.3) is 0 Å². The molecule has 0 spiro atoms. The van der Waals surface area contributed by atoms with E-state index in [2.05, 4.69) is 30.8 Å². The molecule has 0 atom stereocenters. The van der Waals surface area contributed by atoms with Crippen molar-refractivity contribution in [3.05, 3.63) is 168 Å². The van der Waals surface area contributed by atoms with Crippen molar-refractivity contribution < 1.29 is 9.22 Å². The Hall–Kier alpha value is -4.21. The van der Waals surface area contributed by atoms with Crippen LogP contribution in [0.5, 0.6) is 0 Å². The molecule has 5 aromatic rings. The number of benzene rings is 5.